The largest absolute Gasteiger partial charge is 0.489 e. The molecule has 0 unspecified atom stereocenters. The zero-order chi connectivity index (χ0) is 27.0. The van der Waals surface area contributed by atoms with Gasteiger partial charge in [-0.25, -0.2) is 4.79 Å². The second-order valence-electron chi connectivity index (χ2n) is 9.87. The van der Waals surface area contributed by atoms with Crippen molar-refractivity contribution >= 4 is 23.5 Å². The maximum atomic E-state index is 13.4. The lowest BCUT2D eigenvalue weighted by molar-refractivity contribution is -0.150. The van der Waals surface area contributed by atoms with Crippen LogP contribution in [0.25, 0.3) is 0 Å². The minimum Gasteiger partial charge on any atom is -0.489 e. The predicted molar refractivity (Wildman–Crippen MR) is 148 cm³/mol. The molecule has 1 amide bonds. The van der Waals surface area contributed by atoms with Gasteiger partial charge in [0.2, 0.25) is 0 Å². The fourth-order valence-corrected chi connectivity index (χ4v) is 4.92. The van der Waals surface area contributed by atoms with E-state index in [1.807, 2.05) is 54.6 Å². The number of rotatable bonds is 10. The van der Waals surface area contributed by atoms with Crippen LogP contribution >= 0.6 is 11.6 Å². The molecule has 4 rings (SSSR count). The molecule has 200 valence electrons. The molecule has 1 aliphatic rings. The summed E-state index contributed by atoms with van der Waals surface area (Å²) in [4.78, 5) is 26.1. The highest BCUT2D eigenvalue weighted by Crippen LogP contribution is 2.34. The number of methoxy groups -OCH3 is 1. The van der Waals surface area contributed by atoms with E-state index in [4.69, 9.17) is 25.8 Å². The number of ether oxygens (including phenoxy) is 3. The number of nitrogens with one attached hydrogen (secondary N) is 1. The molecule has 0 spiro atoms. The van der Waals surface area contributed by atoms with E-state index in [0.717, 1.165) is 24.0 Å². The van der Waals surface area contributed by atoms with Crippen molar-refractivity contribution in [1.29, 1.82) is 0 Å². The van der Waals surface area contributed by atoms with Gasteiger partial charge in [-0.2, -0.15) is 0 Å². The van der Waals surface area contributed by atoms with Crippen LogP contribution in [0.15, 0.2) is 72.8 Å². The number of amides is 1. The van der Waals surface area contributed by atoms with Crippen molar-refractivity contribution in [3.63, 3.8) is 0 Å². The highest BCUT2D eigenvalue weighted by molar-refractivity contribution is 6.30. The Morgan fingerprint density at radius 1 is 0.921 bits per heavy atom. The van der Waals surface area contributed by atoms with Gasteiger partial charge in [-0.05, 0) is 73.1 Å². The van der Waals surface area contributed by atoms with Crippen molar-refractivity contribution in [2.45, 2.75) is 51.2 Å². The van der Waals surface area contributed by atoms with Crippen molar-refractivity contribution < 1.29 is 23.8 Å². The minimum absolute atomic E-state index is 0.348. The van der Waals surface area contributed by atoms with Gasteiger partial charge in [0.15, 0.2) is 11.5 Å². The highest BCUT2D eigenvalue weighted by Gasteiger charge is 2.43. The van der Waals surface area contributed by atoms with Crippen LogP contribution in [-0.4, -0.2) is 31.1 Å². The number of esters is 1. The Morgan fingerprint density at radius 3 is 2.37 bits per heavy atom. The topological polar surface area (TPSA) is 73.9 Å². The molecule has 0 saturated heterocycles. The predicted octanol–water partition coefficient (Wildman–Crippen LogP) is 6.39. The van der Waals surface area contributed by atoms with E-state index in [-0.39, 0.29) is 5.91 Å². The molecule has 1 aliphatic carbocycles. The lowest BCUT2D eigenvalue weighted by Gasteiger charge is -2.37. The minimum atomic E-state index is -1.02. The van der Waals surface area contributed by atoms with Crippen LogP contribution in [0.2, 0.25) is 5.02 Å². The van der Waals surface area contributed by atoms with Crippen LogP contribution in [0.3, 0.4) is 0 Å². The molecule has 1 N–H and O–H groups in total. The summed E-state index contributed by atoms with van der Waals surface area (Å²) in [5.41, 5.74) is 1.43. The maximum absolute atomic E-state index is 13.4. The summed E-state index contributed by atoms with van der Waals surface area (Å²) in [5, 5.41) is 3.66. The van der Waals surface area contributed by atoms with Crippen molar-refractivity contribution in [2.75, 3.05) is 13.7 Å². The molecule has 0 aliphatic heterocycles. The first-order valence-corrected chi connectivity index (χ1v) is 13.4. The van der Waals surface area contributed by atoms with E-state index >= 15 is 0 Å². The molecule has 0 aromatic heterocycles. The number of carbonyl (C=O) groups excluding carboxylic acids is 2. The monoisotopic (exact) mass is 535 g/mol. The Morgan fingerprint density at radius 2 is 1.66 bits per heavy atom. The molecule has 1 fully saturated rings. The van der Waals surface area contributed by atoms with E-state index in [2.05, 4.69) is 12.2 Å². The maximum Gasteiger partial charge on any atom is 0.331 e. The number of carbonyl (C=O) groups is 2. The Bertz CT molecular complexity index is 1240. The smallest absolute Gasteiger partial charge is 0.331 e. The zero-order valence-electron chi connectivity index (χ0n) is 21.9. The van der Waals surface area contributed by atoms with Crippen LogP contribution in [0.1, 0.15) is 54.1 Å². The molecular formula is C31H34ClNO5. The summed E-state index contributed by atoms with van der Waals surface area (Å²) < 4.78 is 17.3. The fourth-order valence-electron chi connectivity index (χ4n) is 4.71. The van der Waals surface area contributed by atoms with Gasteiger partial charge in [0.05, 0.1) is 13.7 Å². The lowest BCUT2D eigenvalue weighted by atomic mass is 9.77. The molecule has 3 aromatic carbocycles. The van der Waals surface area contributed by atoms with Gasteiger partial charge in [0, 0.05) is 17.0 Å². The Labute approximate surface area is 229 Å². The molecule has 0 radical (unpaired) electrons. The van der Waals surface area contributed by atoms with Gasteiger partial charge in [-0.15, -0.1) is 0 Å². The Kier molecular flexibility index (Phi) is 9.29. The lowest BCUT2D eigenvalue weighted by Crippen LogP contribution is -2.56. The molecule has 0 atom stereocenters. The standard InChI is InChI=1S/C31H34ClNO5/c1-22-13-16-31(17-14-22,30(35)36-2)33-29(34)25-11-12-27(38-21-24-7-4-3-5-8-24)28(20-25)37-18-15-23-9-6-10-26(32)19-23/h3-12,19-20,22H,13-18,21H2,1-2H3,(H,33,34). The number of halogens is 1. The third-order valence-electron chi connectivity index (χ3n) is 7.04. The van der Waals surface area contributed by atoms with Crippen LogP contribution in [-0.2, 0) is 22.6 Å². The number of benzene rings is 3. The molecule has 3 aromatic rings. The highest BCUT2D eigenvalue weighted by atomic mass is 35.5. The van der Waals surface area contributed by atoms with Gasteiger partial charge >= 0.3 is 5.97 Å². The first kappa shape index (κ1) is 27.5. The van der Waals surface area contributed by atoms with Gasteiger partial charge in [0.25, 0.3) is 5.91 Å². The summed E-state index contributed by atoms with van der Waals surface area (Å²) in [5.74, 6) is 0.744. The molecular weight excluding hydrogens is 502 g/mol. The Hall–Kier alpha value is -3.51. The second-order valence-corrected chi connectivity index (χ2v) is 10.3. The summed E-state index contributed by atoms with van der Waals surface area (Å²) >= 11 is 6.11. The van der Waals surface area contributed by atoms with Gasteiger partial charge in [0.1, 0.15) is 12.1 Å². The molecule has 7 heteroatoms. The van der Waals surface area contributed by atoms with Gasteiger partial charge < -0.3 is 19.5 Å². The molecule has 38 heavy (non-hydrogen) atoms. The van der Waals surface area contributed by atoms with Gasteiger partial charge in [-0.3, -0.25) is 4.79 Å². The van der Waals surface area contributed by atoms with E-state index in [1.54, 1.807) is 18.2 Å². The van der Waals surface area contributed by atoms with Crippen molar-refractivity contribution in [2.24, 2.45) is 5.92 Å². The second kappa shape index (κ2) is 12.8. The van der Waals surface area contributed by atoms with Crippen molar-refractivity contribution in [3.8, 4) is 11.5 Å². The summed E-state index contributed by atoms with van der Waals surface area (Å²) in [6.07, 6.45) is 3.43. The van der Waals surface area contributed by atoms with Crippen molar-refractivity contribution in [1.82, 2.24) is 5.32 Å². The van der Waals surface area contributed by atoms with Crippen LogP contribution in [0.5, 0.6) is 11.5 Å². The molecule has 6 nitrogen and oxygen atoms in total. The summed E-state index contributed by atoms with van der Waals surface area (Å²) in [6.45, 7) is 2.89. The molecule has 0 heterocycles. The average molecular weight is 536 g/mol. The van der Waals surface area contributed by atoms with Gasteiger partial charge in [-0.1, -0.05) is 61.0 Å². The van der Waals surface area contributed by atoms with E-state index in [0.29, 0.717) is 60.5 Å². The van der Waals surface area contributed by atoms with Crippen molar-refractivity contribution in [3.05, 3.63) is 94.5 Å². The summed E-state index contributed by atoms with van der Waals surface area (Å²) in [6, 6.07) is 22.6. The Balaban J connectivity index is 1.52. The van der Waals surface area contributed by atoms with Crippen LogP contribution < -0.4 is 14.8 Å². The van der Waals surface area contributed by atoms with E-state index in [9.17, 15) is 9.59 Å². The normalized spacial score (nSPS) is 18.9. The first-order valence-electron chi connectivity index (χ1n) is 13.0. The van der Waals surface area contributed by atoms with Crippen LogP contribution in [0, 0.1) is 5.92 Å². The average Bonchev–Trinajstić information content (AvgIpc) is 2.93. The van der Waals surface area contributed by atoms with Crippen LogP contribution in [0.4, 0.5) is 0 Å². The third kappa shape index (κ3) is 7.07. The number of hydrogen-bond acceptors (Lipinski definition) is 5. The molecule has 0 bridgehead atoms. The summed E-state index contributed by atoms with van der Waals surface area (Å²) in [7, 11) is 1.36. The quantitative estimate of drug-likeness (QED) is 0.304. The van der Waals surface area contributed by atoms with E-state index in [1.165, 1.54) is 7.11 Å². The van der Waals surface area contributed by atoms with E-state index < -0.39 is 11.5 Å². The molecule has 1 saturated carbocycles. The fraction of sp³-hybridized carbons (Fsp3) is 0.355. The SMILES string of the molecule is COC(=O)C1(NC(=O)c2ccc(OCc3ccccc3)c(OCCc3cccc(Cl)c3)c2)CCC(C)CC1. The third-order valence-corrected chi connectivity index (χ3v) is 7.27. The zero-order valence-corrected chi connectivity index (χ0v) is 22.6. The number of hydrogen-bond donors (Lipinski definition) is 1. The first-order chi connectivity index (χ1) is 18.4.